The Bertz CT molecular complexity index is 1120. The Morgan fingerprint density at radius 2 is 1.97 bits per heavy atom. The summed E-state index contributed by atoms with van der Waals surface area (Å²) >= 11 is 4.47. The molecule has 1 N–H and O–H groups in total. The monoisotopic (exact) mass is 481 g/mol. The lowest BCUT2D eigenvalue weighted by molar-refractivity contribution is 0.0955. The van der Waals surface area contributed by atoms with Crippen LogP contribution in [0, 0.1) is 6.92 Å². The second-order valence-corrected chi connectivity index (χ2v) is 12.2. The maximum atomic E-state index is 13.0. The number of thiophene rings is 2. The molecule has 3 aromatic rings. The highest BCUT2D eigenvalue weighted by Gasteiger charge is 2.30. The van der Waals surface area contributed by atoms with Crippen molar-refractivity contribution in [3.63, 3.8) is 0 Å². The predicted octanol–water partition coefficient (Wildman–Crippen LogP) is 4.39. The van der Waals surface area contributed by atoms with Gasteiger partial charge in [0.15, 0.2) is 0 Å². The van der Waals surface area contributed by atoms with Gasteiger partial charge >= 0.3 is 0 Å². The fraction of sp³-hybridized carbons (Fsp3) is 0.400. The Labute approximate surface area is 188 Å². The Kier molecular flexibility index (Phi) is 6.69. The molecule has 1 aliphatic rings. The van der Waals surface area contributed by atoms with Crippen molar-refractivity contribution in [1.29, 1.82) is 0 Å². The minimum atomic E-state index is -3.62. The van der Waals surface area contributed by atoms with E-state index in [0.717, 1.165) is 39.7 Å². The van der Waals surface area contributed by atoms with E-state index in [0.29, 0.717) is 26.1 Å². The minimum Gasteiger partial charge on any atom is -0.351 e. The van der Waals surface area contributed by atoms with Crippen LogP contribution >= 0.6 is 34.0 Å². The summed E-state index contributed by atoms with van der Waals surface area (Å²) in [6.45, 7) is 3.50. The third-order valence-electron chi connectivity index (χ3n) is 4.96. The van der Waals surface area contributed by atoms with E-state index in [9.17, 15) is 13.2 Å². The first kappa shape index (κ1) is 21.6. The molecule has 0 aromatic carbocycles. The summed E-state index contributed by atoms with van der Waals surface area (Å²) in [6.07, 6.45) is 3.48. The van der Waals surface area contributed by atoms with Crippen LogP contribution in [-0.4, -0.2) is 43.2 Å². The standard InChI is InChI=1S/C20H23N3O3S4/c1-14-22-16(13-28-14)17-6-5-15(29-17)7-9-21-20(24)19-18(8-12-27-19)30(25,26)23-10-3-2-4-11-23/h5-6,8,12-13H,2-4,7,9-11H2,1H3,(H,21,24). The number of thiazole rings is 1. The number of nitrogens with one attached hydrogen (secondary N) is 1. The van der Waals surface area contributed by atoms with E-state index in [4.69, 9.17) is 0 Å². The SMILES string of the molecule is Cc1nc(-c2ccc(CCNC(=O)c3sccc3S(=O)(=O)N3CCCCC3)s2)cs1. The molecule has 6 nitrogen and oxygen atoms in total. The van der Waals surface area contributed by atoms with E-state index >= 15 is 0 Å². The molecule has 30 heavy (non-hydrogen) atoms. The van der Waals surface area contributed by atoms with Gasteiger partial charge in [-0.2, -0.15) is 4.31 Å². The molecule has 1 amide bonds. The number of aryl methyl sites for hydroxylation is 1. The molecule has 0 saturated carbocycles. The van der Waals surface area contributed by atoms with Gasteiger partial charge in [0.1, 0.15) is 9.77 Å². The van der Waals surface area contributed by atoms with Gasteiger partial charge in [0, 0.05) is 29.9 Å². The molecule has 0 aliphatic carbocycles. The first-order valence-electron chi connectivity index (χ1n) is 9.82. The van der Waals surface area contributed by atoms with Crippen LogP contribution in [0.3, 0.4) is 0 Å². The highest BCUT2D eigenvalue weighted by atomic mass is 32.2. The molecule has 10 heteroatoms. The van der Waals surface area contributed by atoms with Crippen molar-refractivity contribution in [1.82, 2.24) is 14.6 Å². The first-order valence-corrected chi connectivity index (χ1v) is 13.8. The normalized spacial score (nSPS) is 15.4. The predicted molar refractivity (Wildman–Crippen MR) is 123 cm³/mol. The fourth-order valence-corrected chi connectivity index (χ4v) is 7.91. The van der Waals surface area contributed by atoms with Gasteiger partial charge in [-0.05, 0) is 49.8 Å². The molecular weight excluding hydrogens is 459 g/mol. The molecule has 4 heterocycles. The quantitative estimate of drug-likeness (QED) is 0.543. The van der Waals surface area contributed by atoms with Gasteiger partial charge < -0.3 is 5.32 Å². The van der Waals surface area contributed by atoms with Gasteiger partial charge in [-0.3, -0.25) is 4.79 Å². The van der Waals surface area contributed by atoms with E-state index < -0.39 is 10.0 Å². The smallest absolute Gasteiger partial charge is 0.262 e. The van der Waals surface area contributed by atoms with Crippen LogP contribution in [0.15, 0.2) is 33.9 Å². The Balaban J connectivity index is 1.37. The third-order valence-corrected chi connectivity index (χ3v) is 9.88. The molecule has 0 spiro atoms. The van der Waals surface area contributed by atoms with Crippen molar-refractivity contribution in [3.05, 3.63) is 43.7 Å². The Morgan fingerprint density at radius 3 is 2.70 bits per heavy atom. The van der Waals surface area contributed by atoms with Crippen molar-refractivity contribution in [2.45, 2.75) is 37.5 Å². The molecule has 160 valence electrons. The van der Waals surface area contributed by atoms with Crippen molar-refractivity contribution in [2.75, 3.05) is 19.6 Å². The Hall–Kier alpha value is -1.59. The molecule has 1 aliphatic heterocycles. The van der Waals surface area contributed by atoms with Crippen molar-refractivity contribution >= 4 is 49.9 Å². The zero-order valence-corrected chi connectivity index (χ0v) is 19.9. The summed E-state index contributed by atoms with van der Waals surface area (Å²) in [5, 5.41) is 7.65. The zero-order valence-electron chi connectivity index (χ0n) is 16.6. The molecule has 0 atom stereocenters. The number of carbonyl (C=O) groups is 1. The largest absolute Gasteiger partial charge is 0.351 e. The van der Waals surface area contributed by atoms with Gasteiger partial charge in [-0.1, -0.05) is 6.42 Å². The van der Waals surface area contributed by atoms with Crippen LogP contribution in [0.4, 0.5) is 0 Å². The van der Waals surface area contributed by atoms with Crippen LogP contribution in [0.2, 0.25) is 0 Å². The Morgan fingerprint density at radius 1 is 1.17 bits per heavy atom. The average Bonchev–Trinajstić information content (AvgIpc) is 3.49. The van der Waals surface area contributed by atoms with Crippen molar-refractivity contribution < 1.29 is 13.2 Å². The summed E-state index contributed by atoms with van der Waals surface area (Å²) < 4.78 is 27.4. The van der Waals surface area contributed by atoms with Gasteiger partial charge in [-0.25, -0.2) is 13.4 Å². The van der Waals surface area contributed by atoms with E-state index in [2.05, 4.69) is 22.4 Å². The van der Waals surface area contributed by atoms with Crippen LogP contribution < -0.4 is 5.32 Å². The van der Waals surface area contributed by atoms with Gasteiger partial charge in [0.25, 0.3) is 5.91 Å². The number of carbonyl (C=O) groups excluding carboxylic acids is 1. The first-order chi connectivity index (χ1) is 14.4. The highest BCUT2D eigenvalue weighted by Crippen LogP contribution is 2.30. The summed E-state index contributed by atoms with van der Waals surface area (Å²) in [6, 6.07) is 5.65. The number of nitrogens with zero attached hydrogens (tertiary/aromatic N) is 2. The van der Waals surface area contributed by atoms with Crippen LogP contribution in [0.5, 0.6) is 0 Å². The van der Waals surface area contributed by atoms with Crippen LogP contribution in [0.25, 0.3) is 10.6 Å². The van der Waals surface area contributed by atoms with Crippen LogP contribution in [0.1, 0.15) is 38.8 Å². The topological polar surface area (TPSA) is 79.4 Å². The molecule has 4 rings (SSSR count). The van der Waals surface area contributed by atoms with Gasteiger partial charge in [-0.15, -0.1) is 34.0 Å². The second-order valence-electron chi connectivity index (χ2n) is 7.10. The summed E-state index contributed by atoms with van der Waals surface area (Å²) in [5.41, 5.74) is 0.990. The minimum absolute atomic E-state index is 0.129. The van der Waals surface area contributed by atoms with E-state index in [1.807, 2.05) is 12.3 Å². The fourth-order valence-electron chi connectivity index (χ4n) is 3.42. The number of hydrogen-bond acceptors (Lipinski definition) is 7. The van der Waals surface area contributed by atoms with E-state index in [1.165, 1.54) is 15.6 Å². The van der Waals surface area contributed by atoms with E-state index in [-0.39, 0.29) is 15.7 Å². The summed E-state index contributed by atoms with van der Waals surface area (Å²) in [5.74, 6) is -0.326. The molecule has 0 unspecified atom stereocenters. The zero-order chi connectivity index (χ0) is 21.1. The maximum Gasteiger partial charge on any atom is 0.262 e. The number of amides is 1. The molecule has 1 saturated heterocycles. The van der Waals surface area contributed by atoms with Gasteiger partial charge in [0.2, 0.25) is 10.0 Å². The molecular formula is C20H23N3O3S4. The lowest BCUT2D eigenvalue weighted by Gasteiger charge is -2.25. The van der Waals surface area contributed by atoms with Crippen molar-refractivity contribution in [3.8, 4) is 10.6 Å². The second kappa shape index (κ2) is 9.27. The highest BCUT2D eigenvalue weighted by molar-refractivity contribution is 7.89. The van der Waals surface area contributed by atoms with Crippen LogP contribution in [-0.2, 0) is 16.4 Å². The molecule has 3 aromatic heterocycles. The van der Waals surface area contributed by atoms with E-state index in [1.54, 1.807) is 34.1 Å². The van der Waals surface area contributed by atoms with Gasteiger partial charge in [0.05, 0.1) is 15.6 Å². The maximum absolute atomic E-state index is 13.0. The van der Waals surface area contributed by atoms with Crippen molar-refractivity contribution in [2.24, 2.45) is 0 Å². The number of hydrogen-bond donors (Lipinski definition) is 1. The molecule has 0 bridgehead atoms. The molecule has 0 radical (unpaired) electrons. The summed E-state index contributed by atoms with van der Waals surface area (Å²) in [7, 11) is -3.62. The number of piperidine rings is 1. The number of rotatable bonds is 7. The number of aromatic nitrogens is 1. The number of sulfonamides is 1. The third kappa shape index (κ3) is 4.67. The summed E-state index contributed by atoms with van der Waals surface area (Å²) in [4.78, 5) is 19.9. The average molecular weight is 482 g/mol. The molecule has 1 fully saturated rings. The lowest BCUT2D eigenvalue weighted by Crippen LogP contribution is -2.36. The lowest BCUT2D eigenvalue weighted by atomic mass is 10.2.